The van der Waals surface area contributed by atoms with E-state index in [9.17, 15) is 9.90 Å². The van der Waals surface area contributed by atoms with Crippen LogP contribution in [0.1, 0.15) is 17.5 Å². The molecule has 0 bridgehead atoms. The lowest BCUT2D eigenvalue weighted by atomic mass is 9.87. The third kappa shape index (κ3) is 2.55. The third-order valence-electron chi connectivity index (χ3n) is 3.91. The van der Waals surface area contributed by atoms with Crippen LogP contribution in [-0.4, -0.2) is 16.5 Å². The maximum Gasteiger partial charge on any atom is 0.335 e. The van der Waals surface area contributed by atoms with Crippen molar-refractivity contribution in [3.8, 4) is 11.5 Å². The van der Waals surface area contributed by atoms with Crippen molar-refractivity contribution in [1.82, 2.24) is 0 Å². The van der Waals surface area contributed by atoms with E-state index in [2.05, 4.69) is 6.58 Å². The molecule has 1 N–H and O–H groups in total. The molecule has 114 valence electrons. The van der Waals surface area contributed by atoms with Gasteiger partial charge in [-0.3, -0.25) is 0 Å². The lowest BCUT2D eigenvalue weighted by Crippen LogP contribution is -2.17. The van der Waals surface area contributed by atoms with E-state index in [1.165, 1.54) is 0 Å². The quantitative estimate of drug-likeness (QED) is 0.383. The van der Waals surface area contributed by atoms with Crippen LogP contribution in [0.15, 0.2) is 30.9 Å². The van der Waals surface area contributed by atoms with Crippen LogP contribution in [-0.2, 0) is 17.6 Å². The summed E-state index contributed by atoms with van der Waals surface area (Å²) in [6.45, 7) is 3.42. The van der Waals surface area contributed by atoms with Gasteiger partial charge in [-0.1, -0.05) is 18.2 Å². The number of carbonyl (C=O) groups excluding carboxylic acids is 1. The van der Waals surface area contributed by atoms with E-state index in [1.54, 1.807) is 18.2 Å². The van der Waals surface area contributed by atoms with E-state index in [-0.39, 0.29) is 11.1 Å². The molecule has 1 unspecified atom stereocenters. The zero-order valence-corrected chi connectivity index (χ0v) is 13.2. The summed E-state index contributed by atoms with van der Waals surface area (Å²) in [4.78, 5) is 11.7. The first-order valence-electron chi connectivity index (χ1n) is 6.95. The van der Waals surface area contributed by atoms with Crippen molar-refractivity contribution in [2.24, 2.45) is 0 Å². The number of esters is 1. The topological polar surface area (TPSA) is 46.5 Å². The van der Waals surface area contributed by atoms with Crippen LogP contribution in [0.2, 0.25) is 5.02 Å². The van der Waals surface area contributed by atoms with Crippen molar-refractivity contribution in [1.29, 1.82) is 0 Å². The Kier molecular flexibility index (Phi) is 4.02. The molecule has 1 atom stereocenters. The van der Waals surface area contributed by atoms with Gasteiger partial charge in [0.2, 0.25) is 0 Å². The van der Waals surface area contributed by atoms with E-state index >= 15 is 0 Å². The van der Waals surface area contributed by atoms with Gasteiger partial charge in [0.05, 0.1) is 0 Å². The number of carbonyl (C=O) groups is 1. The Morgan fingerprint density at radius 3 is 2.86 bits per heavy atom. The highest BCUT2D eigenvalue weighted by Crippen LogP contribution is 2.45. The molecule has 1 aliphatic rings. The van der Waals surface area contributed by atoms with Gasteiger partial charge in [-0.15, -0.1) is 11.6 Å². The first kappa shape index (κ1) is 15.2. The molecule has 3 nitrogen and oxygen atoms in total. The molecule has 2 aromatic rings. The summed E-state index contributed by atoms with van der Waals surface area (Å²) in [6, 6.07) is 5.10. The fraction of sp³-hybridized carbons (Fsp3) is 0.235. The second kappa shape index (κ2) is 5.82. The number of halogens is 2. The molecule has 0 saturated heterocycles. The van der Waals surface area contributed by atoms with Crippen molar-refractivity contribution < 1.29 is 14.6 Å². The van der Waals surface area contributed by atoms with E-state index in [0.717, 1.165) is 23.6 Å². The first-order chi connectivity index (χ1) is 10.5. The number of phenolic OH excluding ortho intramolecular Hbond substituents is 1. The summed E-state index contributed by atoms with van der Waals surface area (Å²) in [5.41, 5.74) is 1.56. The maximum atomic E-state index is 11.7. The van der Waals surface area contributed by atoms with Gasteiger partial charge in [0.1, 0.15) is 11.5 Å². The van der Waals surface area contributed by atoms with Gasteiger partial charge in [0.25, 0.3) is 0 Å². The van der Waals surface area contributed by atoms with Crippen molar-refractivity contribution in [3.63, 3.8) is 0 Å². The predicted octanol–water partition coefficient (Wildman–Crippen LogP) is 4.39. The summed E-state index contributed by atoms with van der Waals surface area (Å²) in [5.74, 6) is 0.0880. The number of phenols is 1. The standard InChI is InChI=1S/C17H14Cl2O3/c1-2-15(20)22-17-12-6-4-9(18)7-13(12)16(21)11-5-3-10(19)8-14(11)17/h2,4,6-7,10,21H,1,3,5,8H2. The Bertz CT molecular complexity index is 783. The number of rotatable bonds is 2. The van der Waals surface area contributed by atoms with E-state index in [0.29, 0.717) is 34.4 Å². The Morgan fingerprint density at radius 2 is 2.14 bits per heavy atom. The molecule has 3 rings (SSSR count). The lowest BCUT2D eigenvalue weighted by molar-refractivity contribution is -0.128. The smallest absolute Gasteiger partial charge is 0.335 e. The predicted molar refractivity (Wildman–Crippen MR) is 88.1 cm³/mol. The Labute approximate surface area is 138 Å². The Hall–Kier alpha value is -1.71. The molecule has 0 heterocycles. The number of ether oxygens (including phenoxy) is 1. The SMILES string of the molecule is C=CC(=O)Oc1c2c(c(O)c3cc(Cl)ccc13)CCC(Cl)C2. The minimum Gasteiger partial charge on any atom is -0.507 e. The van der Waals surface area contributed by atoms with Crippen molar-refractivity contribution >= 4 is 39.9 Å². The van der Waals surface area contributed by atoms with Crippen LogP contribution in [0.4, 0.5) is 0 Å². The normalized spacial score (nSPS) is 17.1. The van der Waals surface area contributed by atoms with Gasteiger partial charge in [0, 0.05) is 38.4 Å². The third-order valence-corrected chi connectivity index (χ3v) is 4.52. The van der Waals surface area contributed by atoms with Crippen LogP contribution < -0.4 is 4.74 Å². The Balaban J connectivity index is 2.32. The maximum absolute atomic E-state index is 11.7. The van der Waals surface area contributed by atoms with Gasteiger partial charge >= 0.3 is 5.97 Å². The van der Waals surface area contributed by atoms with Crippen LogP contribution in [0.25, 0.3) is 10.8 Å². The van der Waals surface area contributed by atoms with Crippen LogP contribution in [0, 0.1) is 0 Å². The van der Waals surface area contributed by atoms with Gasteiger partial charge in [-0.25, -0.2) is 4.79 Å². The number of hydrogen-bond donors (Lipinski definition) is 1. The number of fused-ring (bicyclic) bond motifs is 2. The largest absolute Gasteiger partial charge is 0.507 e. The molecular formula is C17H14Cl2O3. The summed E-state index contributed by atoms with van der Waals surface area (Å²) < 4.78 is 5.45. The highest BCUT2D eigenvalue weighted by Gasteiger charge is 2.27. The Morgan fingerprint density at radius 1 is 1.36 bits per heavy atom. The minimum absolute atomic E-state index is 0.0437. The van der Waals surface area contributed by atoms with Crippen molar-refractivity contribution in [2.45, 2.75) is 24.6 Å². The number of benzene rings is 2. The second-order valence-corrected chi connectivity index (χ2v) is 6.34. The summed E-state index contributed by atoms with van der Waals surface area (Å²) in [5, 5.41) is 12.2. The molecule has 0 spiro atoms. The van der Waals surface area contributed by atoms with Gasteiger partial charge < -0.3 is 9.84 Å². The molecule has 0 amide bonds. The number of hydrogen-bond acceptors (Lipinski definition) is 3. The van der Waals surface area contributed by atoms with Crippen LogP contribution in [0.3, 0.4) is 0 Å². The van der Waals surface area contributed by atoms with E-state index in [1.807, 2.05) is 0 Å². The summed E-state index contributed by atoms with van der Waals surface area (Å²) in [7, 11) is 0. The van der Waals surface area contributed by atoms with E-state index < -0.39 is 5.97 Å². The molecular weight excluding hydrogens is 323 g/mol. The van der Waals surface area contributed by atoms with E-state index in [4.69, 9.17) is 27.9 Å². The number of aromatic hydroxyl groups is 1. The van der Waals surface area contributed by atoms with Gasteiger partial charge in [-0.2, -0.15) is 0 Å². The zero-order chi connectivity index (χ0) is 15.9. The summed E-state index contributed by atoms with van der Waals surface area (Å²) in [6.07, 6.45) is 3.06. The summed E-state index contributed by atoms with van der Waals surface area (Å²) >= 11 is 12.3. The molecule has 2 aromatic carbocycles. The molecule has 0 radical (unpaired) electrons. The average Bonchev–Trinajstić information content (AvgIpc) is 2.51. The molecule has 0 aromatic heterocycles. The van der Waals surface area contributed by atoms with Gasteiger partial charge in [0.15, 0.2) is 0 Å². The van der Waals surface area contributed by atoms with Crippen molar-refractivity contribution in [2.75, 3.05) is 0 Å². The monoisotopic (exact) mass is 336 g/mol. The second-order valence-electron chi connectivity index (χ2n) is 5.29. The fourth-order valence-electron chi connectivity index (χ4n) is 2.88. The molecule has 0 fully saturated rings. The highest BCUT2D eigenvalue weighted by atomic mass is 35.5. The lowest BCUT2D eigenvalue weighted by Gasteiger charge is -2.25. The highest BCUT2D eigenvalue weighted by molar-refractivity contribution is 6.31. The average molecular weight is 337 g/mol. The van der Waals surface area contributed by atoms with Gasteiger partial charge in [-0.05, 0) is 37.5 Å². The zero-order valence-electron chi connectivity index (χ0n) is 11.7. The number of alkyl halides is 1. The van der Waals surface area contributed by atoms with Crippen LogP contribution >= 0.6 is 23.2 Å². The fourth-order valence-corrected chi connectivity index (χ4v) is 3.32. The molecule has 0 saturated carbocycles. The van der Waals surface area contributed by atoms with Crippen LogP contribution in [0.5, 0.6) is 11.5 Å². The molecule has 22 heavy (non-hydrogen) atoms. The molecule has 5 heteroatoms. The first-order valence-corrected chi connectivity index (χ1v) is 7.77. The molecule has 0 aliphatic heterocycles. The minimum atomic E-state index is -0.541. The van der Waals surface area contributed by atoms with Crippen molar-refractivity contribution in [3.05, 3.63) is 47.0 Å². The molecule has 1 aliphatic carbocycles.